The summed E-state index contributed by atoms with van der Waals surface area (Å²) in [5.74, 6) is -4.88. The molecular formula is C29H30F6N2O4. The molecule has 1 aliphatic heterocycles. The summed E-state index contributed by atoms with van der Waals surface area (Å²) in [7, 11) is 1.46. The minimum absolute atomic E-state index is 0.188. The number of rotatable bonds is 11. The normalized spacial score (nSPS) is 17.1. The lowest BCUT2D eigenvalue weighted by Crippen LogP contribution is -2.46. The molecule has 1 N–H and O–H groups in total. The third kappa shape index (κ3) is 9.15. The highest BCUT2D eigenvalue weighted by Crippen LogP contribution is 2.33. The number of aliphatic imine (C=N–C) groups is 1. The number of fused-ring (bicyclic) bond motifs is 1. The quantitative estimate of drug-likeness (QED) is 0.329. The Morgan fingerprint density at radius 3 is 2.22 bits per heavy atom. The highest BCUT2D eigenvalue weighted by atomic mass is 19.4. The van der Waals surface area contributed by atoms with E-state index in [1.165, 1.54) is 7.11 Å². The van der Waals surface area contributed by atoms with Crippen molar-refractivity contribution in [2.75, 3.05) is 7.11 Å². The molecule has 1 aliphatic rings. The first-order valence-electron chi connectivity index (χ1n) is 13.0. The first kappa shape index (κ1) is 31.8. The Morgan fingerprint density at radius 2 is 1.63 bits per heavy atom. The number of ketones is 2. The first-order valence-corrected chi connectivity index (χ1v) is 13.0. The highest BCUT2D eigenvalue weighted by Gasteiger charge is 2.39. The summed E-state index contributed by atoms with van der Waals surface area (Å²) < 4.78 is 82.8. The second kappa shape index (κ2) is 13.3. The third-order valence-corrected chi connectivity index (χ3v) is 6.88. The van der Waals surface area contributed by atoms with E-state index >= 15 is 0 Å². The number of carbonyl (C=O) groups excluding carboxylic acids is 3. The number of nitrogens with zero attached hydrogens (tertiary/aromatic N) is 1. The Balaban J connectivity index is 1.96. The summed E-state index contributed by atoms with van der Waals surface area (Å²) in [4.78, 5) is 43.6. The summed E-state index contributed by atoms with van der Waals surface area (Å²) in [6.45, 7) is 1.03. The van der Waals surface area contributed by atoms with Crippen LogP contribution in [0.5, 0.6) is 5.75 Å². The molecule has 1 heterocycles. The largest absolute Gasteiger partial charge is 0.497 e. The number of amides is 1. The van der Waals surface area contributed by atoms with Gasteiger partial charge in [-0.15, -0.1) is 0 Å². The van der Waals surface area contributed by atoms with Crippen LogP contribution in [0.2, 0.25) is 0 Å². The number of ether oxygens (including phenoxy) is 1. The van der Waals surface area contributed by atoms with Crippen LogP contribution in [0.4, 0.5) is 26.3 Å². The fourth-order valence-electron chi connectivity index (χ4n) is 4.85. The van der Waals surface area contributed by atoms with E-state index in [1.807, 2.05) is 0 Å². The minimum Gasteiger partial charge on any atom is -0.497 e. The number of nitrogens with one attached hydrogen (secondary N) is 1. The third-order valence-electron chi connectivity index (χ3n) is 6.88. The lowest BCUT2D eigenvalue weighted by Gasteiger charge is -2.26. The molecule has 0 saturated carbocycles. The minimum atomic E-state index is -4.68. The van der Waals surface area contributed by atoms with Crippen LogP contribution < -0.4 is 10.1 Å². The number of hydrogen-bond acceptors (Lipinski definition) is 5. The van der Waals surface area contributed by atoms with Crippen molar-refractivity contribution in [2.24, 2.45) is 16.8 Å². The summed E-state index contributed by atoms with van der Waals surface area (Å²) in [6, 6.07) is 13.8. The summed E-state index contributed by atoms with van der Waals surface area (Å²) >= 11 is 0. The molecule has 0 unspecified atom stereocenters. The van der Waals surface area contributed by atoms with E-state index in [0.29, 0.717) is 28.2 Å². The van der Waals surface area contributed by atoms with Gasteiger partial charge in [0.25, 0.3) is 0 Å². The van der Waals surface area contributed by atoms with Gasteiger partial charge in [0.2, 0.25) is 5.91 Å². The molecule has 6 nitrogen and oxygen atoms in total. The average molecular weight is 585 g/mol. The number of Topliss-reactive ketones (excluding diaryl/α,β-unsaturated/α-hetero) is 2. The fourth-order valence-corrected chi connectivity index (χ4v) is 4.85. The number of methoxy groups -OCH3 is 1. The zero-order valence-corrected chi connectivity index (χ0v) is 22.4. The summed E-state index contributed by atoms with van der Waals surface area (Å²) in [5.41, 5.74) is 2.09. The van der Waals surface area contributed by atoms with Crippen LogP contribution in [-0.4, -0.2) is 48.8 Å². The van der Waals surface area contributed by atoms with Gasteiger partial charge < -0.3 is 10.1 Å². The standard InChI is InChI=1S/C29H30F6N2O4/c1-17(38)21(9-6-13-28(30,31)32)23(12-14-29(33,34)35)27(40)37-26-24(39)16-19-15-20(41-2)10-11-22(19)25(36-26)18-7-4-3-5-8-18/h3-5,7-8,10-11,15,21,23,26H,6,9,12-14,16H2,1-2H3,(H,37,40)/t21-,23-,26-/m1/s1. The van der Waals surface area contributed by atoms with Gasteiger partial charge in [-0.1, -0.05) is 30.3 Å². The Labute approximate surface area is 233 Å². The maximum absolute atomic E-state index is 13.4. The van der Waals surface area contributed by atoms with E-state index in [2.05, 4.69) is 10.3 Å². The molecule has 2 aromatic carbocycles. The maximum atomic E-state index is 13.4. The SMILES string of the molecule is COc1ccc2c(c1)CC(=O)[C@@H](NC(=O)[C@H](CCC(F)(F)F)[C@H](CCCC(F)(F)F)C(C)=O)N=C2c1ccccc1. The Hall–Kier alpha value is -3.70. The van der Waals surface area contributed by atoms with Crippen molar-refractivity contribution in [1.29, 1.82) is 0 Å². The van der Waals surface area contributed by atoms with Crippen LogP contribution in [-0.2, 0) is 20.8 Å². The van der Waals surface area contributed by atoms with E-state index in [0.717, 1.165) is 6.92 Å². The van der Waals surface area contributed by atoms with Gasteiger partial charge >= 0.3 is 12.4 Å². The molecule has 0 aliphatic carbocycles. The molecule has 41 heavy (non-hydrogen) atoms. The summed E-state index contributed by atoms with van der Waals surface area (Å²) in [5, 5.41) is 2.40. The van der Waals surface area contributed by atoms with E-state index in [-0.39, 0.29) is 6.42 Å². The Bertz CT molecular complexity index is 1270. The van der Waals surface area contributed by atoms with Gasteiger partial charge in [-0.3, -0.25) is 19.4 Å². The Kier molecular flexibility index (Phi) is 10.3. The predicted molar refractivity (Wildman–Crippen MR) is 139 cm³/mol. The molecule has 3 rings (SSSR count). The van der Waals surface area contributed by atoms with E-state index in [4.69, 9.17) is 4.74 Å². The van der Waals surface area contributed by atoms with Gasteiger partial charge in [-0.25, -0.2) is 0 Å². The van der Waals surface area contributed by atoms with Crippen LogP contribution in [0.3, 0.4) is 0 Å². The molecule has 0 bridgehead atoms. The second-order valence-electron chi connectivity index (χ2n) is 9.91. The molecule has 3 atom stereocenters. The topological polar surface area (TPSA) is 84.8 Å². The van der Waals surface area contributed by atoms with Gasteiger partial charge in [0.05, 0.1) is 12.8 Å². The van der Waals surface area contributed by atoms with E-state index in [1.54, 1.807) is 48.5 Å². The maximum Gasteiger partial charge on any atom is 0.389 e. The van der Waals surface area contributed by atoms with Crippen LogP contribution in [0.1, 0.15) is 55.7 Å². The average Bonchev–Trinajstić information content (AvgIpc) is 3.02. The molecule has 0 radical (unpaired) electrons. The van der Waals surface area contributed by atoms with Gasteiger partial charge in [0.1, 0.15) is 11.5 Å². The molecule has 12 heteroatoms. The van der Waals surface area contributed by atoms with E-state index < -0.39 is 79.9 Å². The van der Waals surface area contributed by atoms with Crippen LogP contribution in [0, 0.1) is 11.8 Å². The van der Waals surface area contributed by atoms with E-state index in [9.17, 15) is 40.7 Å². The van der Waals surface area contributed by atoms with Gasteiger partial charge in [0, 0.05) is 42.2 Å². The van der Waals surface area contributed by atoms with Gasteiger partial charge in [0.15, 0.2) is 11.9 Å². The molecule has 0 saturated heterocycles. The number of benzene rings is 2. The van der Waals surface area contributed by atoms with Crippen molar-refractivity contribution in [3.63, 3.8) is 0 Å². The molecule has 0 spiro atoms. The van der Waals surface area contributed by atoms with Gasteiger partial charge in [-0.2, -0.15) is 26.3 Å². The lowest BCUT2D eigenvalue weighted by molar-refractivity contribution is -0.147. The number of hydrogen-bond donors (Lipinski definition) is 1. The monoisotopic (exact) mass is 584 g/mol. The summed E-state index contributed by atoms with van der Waals surface area (Å²) in [6.07, 6.45) is -15.4. The fraction of sp³-hybridized carbons (Fsp3) is 0.448. The molecule has 0 aromatic heterocycles. The number of carbonyl (C=O) groups is 3. The Morgan fingerprint density at radius 1 is 0.976 bits per heavy atom. The molecular weight excluding hydrogens is 554 g/mol. The zero-order chi connectivity index (χ0) is 30.4. The lowest BCUT2D eigenvalue weighted by atomic mass is 9.81. The predicted octanol–water partition coefficient (Wildman–Crippen LogP) is 6.00. The van der Waals surface area contributed by atoms with Crippen molar-refractivity contribution in [1.82, 2.24) is 5.32 Å². The first-order chi connectivity index (χ1) is 19.2. The van der Waals surface area contributed by atoms with Crippen molar-refractivity contribution >= 4 is 23.2 Å². The number of halogens is 6. The van der Waals surface area contributed by atoms with Crippen LogP contribution in [0.25, 0.3) is 0 Å². The van der Waals surface area contributed by atoms with Crippen molar-refractivity contribution in [2.45, 2.75) is 64.0 Å². The molecule has 0 fully saturated rings. The van der Waals surface area contributed by atoms with Gasteiger partial charge in [-0.05, 0) is 49.9 Å². The van der Waals surface area contributed by atoms with Crippen molar-refractivity contribution in [3.05, 3.63) is 65.2 Å². The number of alkyl halides is 6. The highest BCUT2D eigenvalue weighted by molar-refractivity contribution is 6.16. The van der Waals surface area contributed by atoms with Crippen molar-refractivity contribution < 1.29 is 45.5 Å². The smallest absolute Gasteiger partial charge is 0.389 e. The van der Waals surface area contributed by atoms with Crippen LogP contribution in [0.15, 0.2) is 53.5 Å². The zero-order valence-electron chi connectivity index (χ0n) is 22.4. The van der Waals surface area contributed by atoms with Crippen LogP contribution >= 0.6 is 0 Å². The molecule has 2 aromatic rings. The second-order valence-corrected chi connectivity index (χ2v) is 9.91. The molecule has 1 amide bonds. The molecule has 222 valence electrons. The van der Waals surface area contributed by atoms with Crippen molar-refractivity contribution in [3.8, 4) is 5.75 Å².